The molecule has 1 atom stereocenters. The molecule has 0 aromatic rings. The highest BCUT2D eigenvalue weighted by Gasteiger charge is 2.31. The maximum atomic E-state index is 12.1. The molecule has 1 aliphatic rings. The van der Waals surface area contributed by atoms with Crippen LogP contribution in [0.1, 0.15) is 46.5 Å². The molecule has 0 radical (unpaired) electrons. The average molecular weight is 246 g/mol. The first-order valence-corrected chi connectivity index (χ1v) is 6.96. The molecular formula is C13H24ClNO. The van der Waals surface area contributed by atoms with Gasteiger partial charge in [-0.25, -0.2) is 0 Å². The van der Waals surface area contributed by atoms with Crippen molar-refractivity contribution in [2.45, 2.75) is 51.8 Å². The predicted molar refractivity (Wildman–Crippen MR) is 68.7 cm³/mol. The van der Waals surface area contributed by atoms with Gasteiger partial charge in [-0.05, 0) is 38.5 Å². The Kier molecular flexibility index (Phi) is 5.60. The number of carbonyl (C=O) groups is 1. The van der Waals surface area contributed by atoms with Crippen molar-refractivity contribution in [3.63, 3.8) is 0 Å². The van der Waals surface area contributed by atoms with Gasteiger partial charge in [-0.1, -0.05) is 19.8 Å². The van der Waals surface area contributed by atoms with Crippen LogP contribution in [0.5, 0.6) is 0 Å². The predicted octanol–water partition coefficient (Wildman–Crippen LogP) is 3.29. The lowest BCUT2D eigenvalue weighted by Crippen LogP contribution is -2.40. The first kappa shape index (κ1) is 13.8. The fourth-order valence-electron chi connectivity index (χ4n) is 2.49. The minimum atomic E-state index is -0.299. The van der Waals surface area contributed by atoms with Crippen LogP contribution in [0.25, 0.3) is 0 Å². The van der Waals surface area contributed by atoms with E-state index in [1.807, 2.05) is 18.7 Å². The standard InChI is InChI=1S/C13H24ClNO/c1-4-15(5-2)13(16)12(14)11-8-6-10(3)7-9-11/h10-12H,4-9H2,1-3H3. The maximum Gasteiger partial charge on any atom is 0.240 e. The van der Waals surface area contributed by atoms with Crippen molar-refractivity contribution in [1.82, 2.24) is 4.90 Å². The van der Waals surface area contributed by atoms with Crippen molar-refractivity contribution in [3.8, 4) is 0 Å². The number of alkyl halides is 1. The van der Waals surface area contributed by atoms with E-state index in [9.17, 15) is 4.79 Å². The Morgan fingerprint density at radius 3 is 2.19 bits per heavy atom. The summed E-state index contributed by atoms with van der Waals surface area (Å²) in [4.78, 5) is 13.9. The summed E-state index contributed by atoms with van der Waals surface area (Å²) >= 11 is 6.32. The van der Waals surface area contributed by atoms with Gasteiger partial charge in [0.15, 0.2) is 0 Å². The summed E-state index contributed by atoms with van der Waals surface area (Å²) in [5.41, 5.74) is 0. The van der Waals surface area contributed by atoms with E-state index in [2.05, 4.69) is 6.92 Å². The number of hydrogen-bond donors (Lipinski definition) is 0. The minimum absolute atomic E-state index is 0.131. The highest BCUT2D eigenvalue weighted by Crippen LogP contribution is 2.33. The third kappa shape index (κ3) is 3.38. The van der Waals surface area contributed by atoms with E-state index in [-0.39, 0.29) is 11.3 Å². The topological polar surface area (TPSA) is 20.3 Å². The van der Waals surface area contributed by atoms with Crippen molar-refractivity contribution < 1.29 is 4.79 Å². The molecule has 2 nitrogen and oxygen atoms in total. The molecule has 94 valence electrons. The molecule has 0 saturated heterocycles. The second-order valence-electron chi connectivity index (χ2n) is 4.93. The van der Waals surface area contributed by atoms with Crippen LogP contribution >= 0.6 is 11.6 Å². The van der Waals surface area contributed by atoms with Crippen LogP contribution in [0.2, 0.25) is 0 Å². The van der Waals surface area contributed by atoms with E-state index in [0.717, 1.165) is 31.8 Å². The Morgan fingerprint density at radius 2 is 1.75 bits per heavy atom. The summed E-state index contributed by atoms with van der Waals surface area (Å²) in [6.07, 6.45) is 4.67. The Morgan fingerprint density at radius 1 is 1.25 bits per heavy atom. The summed E-state index contributed by atoms with van der Waals surface area (Å²) in [5.74, 6) is 1.33. The van der Waals surface area contributed by atoms with Gasteiger partial charge in [-0.3, -0.25) is 4.79 Å². The van der Waals surface area contributed by atoms with Crippen molar-refractivity contribution in [2.24, 2.45) is 11.8 Å². The van der Waals surface area contributed by atoms with Crippen LogP contribution < -0.4 is 0 Å². The highest BCUT2D eigenvalue weighted by atomic mass is 35.5. The third-order valence-electron chi connectivity index (χ3n) is 3.79. The Balaban J connectivity index is 2.50. The van der Waals surface area contributed by atoms with Gasteiger partial charge in [0.05, 0.1) is 0 Å². The Bertz CT molecular complexity index is 220. The van der Waals surface area contributed by atoms with Gasteiger partial charge in [0.1, 0.15) is 5.38 Å². The number of rotatable bonds is 4. The summed E-state index contributed by atoms with van der Waals surface area (Å²) < 4.78 is 0. The zero-order valence-electron chi connectivity index (χ0n) is 10.7. The molecule has 0 bridgehead atoms. The van der Waals surface area contributed by atoms with Crippen LogP contribution in [0.4, 0.5) is 0 Å². The number of amides is 1. The molecule has 1 unspecified atom stereocenters. The quantitative estimate of drug-likeness (QED) is 0.696. The third-order valence-corrected chi connectivity index (χ3v) is 4.33. The normalized spacial score (nSPS) is 27.5. The molecule has 0 N–H and O–H groups in total. The smallest absolute Gasteiger partial charge is 0.240 e. The van der Waals surface area contributed by atoms with Crippen molar-refractivity contribution in [3.05, 3.63) is 0 Å². The first-order chi connectivity index (χ1) is 7.60. The molecule has 16 heavy (non-hydrogen) atoms. The molecule has 3 heteroatoms. The van der Waals surface area contributed by atoms with Gasteiger partial charge in [0, 0.05) is 13.1 Å². The van der Waals surface area contributed by atoms with Gasteiger partial charge in [0.25, 0.3) is 0 Å². The first-order valence-electron chi connectivity index (χ1n) is 6.52. The monoisotopic (exact) mass is 245 g/mol. The number of nitrogens with zero attached hydrogens (tertiary/aromatic N) is 1. The molecule has 1 aliphatic carbocycles. The van der Waals surface area contributed by atoms with E-state index in [1.165, 1.54) is 12.8 Å². The summed E-state index contributed by atoms with van der Waals surface area (Å²) in [7, 11) is 0. The summed E-state index contributed by atoms with van der Waals surface area (Å²) in [6.45, 7) is 7.83. The minimum Gasteiger partial charge on any atom is -0.342 e. The van der Waals surface area contributed by atoms with Gasteiger partial charge in [-0.2, -0.15) is 0 Å². The van der Waals surface area contributed by atoms with Gasteiger partial charge < -0.3 is 4.90 Å². The largest absolute Gasteiger partial charge is 0.342 e. The van der Waals surface area contributed by atoms with Gasteiger partial charge in [-0.15, -0.1) is 11.6 Å². The molecule has 0 aromatic carbocycles. The lowest BCUT2D eigenvalue weighted by molar-refractivity contribution is -0.131. The molecule has 0 aliphatic heterocycles. The van der Waals surface area contributed by atoms with Crippen LogP contribution in [0.3, 0.4) is 0 Å². The van der Waals surface area contributed by atoms with Crippen LogP contribution in [0, 0.1) is 11.8 Å². The van der Waals surface area contributed by atoms with E-state index < -0.39 is 0 Å². The second kappa shape index (κ2) is 6.48. The van der Waals surface area contributed by atoms with Crippen molar-refractivity contribution >= 4 is 17.5 Å². The van der Waals surface area contributed by atoms with E-state index in [0.29, 0.717) is 5.92 Å². The molecule has 0 spiro atoms. The lowest BCUT2D eigenvalue weighted by atomic mass is 9.81. The lowest BCUT2D eigenvalue weighted by Gasteiger charge is -2.31. The Hall–Kier alpha value is -0.240. The Labute approximate surface area is 104 Å². The van der Waals surface area contributed by atoms with E-state index in [4.69, 9.17) is 11.6 Å². The fourth-order valence-corrected chi connectivity index (χ4v) is 2.88. The highest BCUT2D eigenvalue weighted by molar-refractivity contribution is 6.30. The van der Waals surface area contributed by atoms with Crippen LogP contribution in [-0.2, 0) is 4.79 Å². The van der Waals surface area contributed by atoms with Crippen LogP contribution in [-0.4, -0.2) is 29.3 Å². The van der Waals surface area contributed by atoms with Crippen molar-refractivity contribution in [2.75, 3.05) is 13.1 Å². The average Bonchev–Trinajstić information content (AvgIpc) is 2.30. The second-order valence-corrected chi connectivity index (χ2v) is 5.40. The van der Waals surface area contributed by atoms with Gasteiger partial charge >= 0.3 is 0 Å². The molecule has 0 aromatic heterocycles. The molecule has 1 rings (SSSR count). The zero-order chi connectivity index (χ0) is 12.1. The SMILES string of the molecule is CCN(CC)C(=O)C(Cl)C1CCC(C)CC1. The molecule has 0 heterocycles. The molecule has 1 fully saturated rings. The number of carbonyl (C=O) groups excluding carboxylic acids is 1. The number of hydrogen-bond acceptors (Lipinski definition) is 1. The molecule has 1 saturated carbocycles. The molecule has 1 amide bonds. The van der Waals surface area contributed by atoms with E-state index >= 15 is 0 Å². The summed E-state index contributed by atoms with van der Waals surface area (Å²) in [5, 5.41) is -0.299. The maximum absolute atomic E-state index is 12.1. The van der Waals surface area contributed by atoms with Crippen molar-refractivity contribution in [1.29, 1.82) is 0 Å². The zero-order valence-corrected chi connectivity index (χ0v) is 11.5. The van der Waals surface area contributed by atoms with E-state index in [1.54, 1.807) is 0 Å². The summed E-state index contributed by atoms with van der Waals surface area (Å²) in [6, 6.07) is 0. The fraction of sp³-hybridized carbons (Fsp3) is 0.923. The van der Waals surface area contributed by atoms with Crippen LogP contribution in [0.15, 0.2) is 0 Å². The van der Waals surface area contributed by atoms with Gasteiger partial charge in [0.2, 0.25) is 5.91 Å². The molecular weight excluding hydrogens is 222 g/mol. The number of halogens is 1.